The van der Waals surface area contributed by atoms with Crippen molar-refractivity contribution in [2.45, 2.75) is 32.9 Å². The number of benzene rings is 1. The molecule has 1 aliphatic heterocycles. The quantitative estimate of drug-likeness (QED) is 0.924. The largest absolute Gasteiger partial charge is 0.496 e. The molecule has 0 saturated heterocycles. The first-order chi connectivity index (χ1) is 10.6. The summed E-state index contributed by atoms with van der Waals surface area (Å²) in [5.41, 5.74) is 2.59. The fourth-order valence-corrected chi connectivity index (χ4v) is 3.05. The first kappa shape index (κ1) is 16.4. The third-order valence-corrected chi connectivity index (χ3v) is 4.05. The third kappa shape index (κ3) is 2.70. The van der Waals surface area contributed by atoms with Crippen molar-refractivity contribution in [3.63, 3.8) is 0 Å². The van der Waals surface area contributed by atoms with Gasteiger partial charge in [-0.1, -0.05) is 0 Å². The van der Waals surface area contributed by atoms with Crippen LogP contribution in [0.15, 0.2) is 6.07 Å². The Kier molecular flexibility index (Phi) is 5.13. The fourth-order valence-electron chi connectivity index (χ4n) is 3.05. The van der Waals surface area contributed by atoms with Crippen LogP contribution in [0.3, 0.4) is 0 Å². The topological polar surface area (TPSA) is 68.2 Å². The Hall–Kier alpha value is -1.95. The Morgan fingerprint density at radius 2 is 2.14 bits per heavy atom. The van der Waals surface area contributed by atoms with Gasteiger partial charge < -0.3 is 24.2 Å². The molecule has 1 N–H and O–H groups in total. The molecule has 0 aromatic heterocycles. The highest BCUT2D eigenvalue weighted by Gasteiger charge is 2.33. The molecule has 0 aliphatic carbocycles. The van der Waals surface area contributed by atoms with E-state index < -0.39 is 0 Å². The molecular formula is C16H23NO5. The minimum Gasteiger partial charge on any atom is -0.496 e. The zero-order valence-corrected chi connectivity index (χ0v) is 13.5. The summed E-state index contributed by atoms with van der Waals surface area (Å²) >= 11 is 0. The van der Waals surface area contributed by atoms with E-state index >= 15 is 0 Å². The van der Waals surface area contributed by atoms with Crippen molar-refractivity contribution in [2.75, 3.05) is 27.4 Å². The molecule has 0 bridgehead atoms. The molecular weight excluding hydrogens is 286 g/mol. The molecule has 1 aromatic carbocycles. The minimum atomic E-state index is -0.326. The van der Waals surface area contributed by atoms with Crippen molar-refractivity contribution in [3.8, 4) is 11.5 Å². The van der Waals surface area contributed by atoms with Gasteiger partial charge >= 0.3 is 6.09 Å². The molecule has 0 radical (unpaired) electrons. The summed E-state index contributed by atoms with van der Waals surface area (Å²) in [5, 5.41) is 9.53. The zero-order chi connectivity index (χ0) is 16.3. The van der Waals surface area contributed by atoms with Crippen LogP contribution < -0.4 is 9.47 Å². The summed E-state index contributed by atoms with van der Waals surface area (Å²) in [7, 11) is 3.17. The van der Waals surface area contributed by atoms with Crippen molar-refractivity contribution in [1.82, 2.24) is 4.90 Å². The Morgan fingerprint density at radius 1 is 1.41 bits per heavy atom. The van der Waals surface area contributed by atoms with E-state index in [4.69, 9.17) is 14.2 Å². The van der Waals surface area contributed by atoms with E-state index in [-0.39, 0.29) is 18.7 Å². The first-order valence-corrected chi connectivity index (χ1v) is 7.39. The molecule has 0 saturated carbocycles. The second-order valence-corrected chi connectivity index (χ2v) is 5.14. The monoisotopic (exact) mass is 309 g/mol. The van der Waals surface area contributed by atoms with E-state index in [1.807, 2.05) is 6.92 Å². The summed E-state index contributed by atoms with van der Waals surface area (Å²) in [6, 6.07) is 1.59. The highest BCUT2D eigenvalue weighted by Crippen LogP contribution is 2.43. The van der Waals surface area contributed by atoms with Gasteiger partial charge in [0.2, 0.25) is 0 Å². The van der Waals surface area contributed by atoms with Crippen molar-refractivity contribution >= 4 is 6.09 Å². The van der Waals surface area contributed by atoms with Crippen molar-refractivity contribution in [1.29, 1.82) is 0 Å². The molecule has 1 aliphatic rings. The zero-order valence-electron chi connectivity index (χ0n) is 13.5. The molecule has 1 unspecified atom stereocenters. The molecule has 1 atom stereocenters. The number of aliphatic hydroxyl groups excluding tert-OH is 1. The lowest BCUT2D eigenvalue weighted by atomic mass is 9.90. The molecule has 1 aromatic rings. The number of aliphatic hydroxyl groups is 1. The molecule has 1 amide bonds. The van der Waals surface area contributed by atoms with Crippen LogP contribution in [-0.2, 0) is 17.8 Å². The third-order valence-electron chi connectivity index (χ3n) is 4.05. The van der Waals surface area contributed by atoms with Gasteiger partial charge in [-0.3, -0.25) is 0 Å². The van der Waals surface area contributed by atoms with E-state index in [0.29, 0.717) is 36.6 Å². The first-order valence-electron chi connectivity index (χ1n) is 7.39. The average Bonchev–Trinajstić information content (AvgIpc) is 2.53. The highest BCUT2D eigenvalue weighted by atomic mass is 16.6. The van der Waals surface area contributed by atoms with Crippen molar-refractivity contribution < 1.29 is 24.1 Å². The number of carbonyl (C=O) groups excluding carboxylic acids is 1. The van der Waals surface area contributed by atoms with E-state index in [1.165, 1.54) is 0 Å². The molecule has 6 heteroatoms. The van der Waals surface area contributed by atoms with Gasteiger partial charge in [0.25, 0.3) is 0 Å². The van der Waals surface area contributed by atoms with Gasteiger partial charge in [0, 0.05) is 23.2 Å². The SMILES string of the molecule is CCOC(=O)N1CCc2c(OC)c(CO)cc(OC)c2C1C. The summed E-state index contributed by atoms with van der Waals surface area (Å²) in [6.07, 6.45) is 0.305. The van der Waals surface area contributed by atoms with Crippen LogP contribution in [0.1, 0.15) is 36.6 Å². The van der Waals surface area contributed by atoms with E-state index in [9.17, 15) is 9.90 Å². The van der Waals surface area contributed by atoms with E-state index in [1.54, 1.807) is 32.1 Å². The van der Waals surface area contributed by atoms with Gasteiger partial charge in [-0.15, -0.1) is 0 Å². The summed E-state index contributed by atoms with van der Waals surface area (Å²) in [4.78, 5) is 13.8. The number of amides is 1. The molecule has 0 spiro atoms. The molecule has 22 heavy (non-hydrogen) atoms. The number of hydrogen-bond donors (Lipinski definition) is 1. The molecule has 2 rings (SSSR count). The van der Waals surface area contributed by atoms with Gasteiger partial charge in [0.05, 0.1) is 33.5 Å². The standard InChI is InChI=1S/C16H23NO5/c1-5-22-16(19)17-7-6-12-14(10(17)2)13(20-3)8-11(9-18)15(12)21-4/h8,10,18H,5-7,9H2,1-4H3. The van der Waals surface area contributed by atoms with Crippen LogP contribution in [0.4, 0.5) is 4.79 Å². The summed E-state index contributed by atoms with van der Waals surface area (Å²) in [5.74, 6) is 1.33. The van der Waals surface area contributed by atoms with Gasteiger partial charge in [-0.05, 0) is 26.3 Å². The Morgan fingerprint density at radius 3 is 2.68 bits per heavy atom. The second-order valence-electron chi connectivity index (χ2n) is 5.14. The van der Waals surface area contributed by atoms with Crippen LogP contribution in [-0.4, -0.2) is 43.5 Å². The van der Waals surface area contributed by atoms with Crippen molar-refractivity contribution in [2.24, 2.45) is 0 Å². The predicted molar refractivity (Wildman–Crippen MR) is 81.3 cm³/mol. The van der Waals surface area contributed by atoms with Crippen LogP contribution in [0.5, 0.6) is 11.5 Å². The smallest absolute Gasteiger partial charge is 0.410 e. The predicted octanol–water partition coefficient (Wildman–Crippen LogP) is 2.27. The van der Waals surface area contributed by atoms with Crippen molar-refractivity contribution in [3.05, 3.63) is 22.8 Å². The molecule has 0 fully saturated rings. The summed E-state index contributed by atoms with van der Waals surface area (Å²) in [6.45, 7) is 4.50. The number of ether oxygens (including phenoxy) is 3. The van der Waals surface area contributed by atoms with Gasteiger partial charge in [-0.25, -0.2) is 4.79 Å². The number of nitrogens with zero attached hydrogens (tertiary/aromatic N) is 1. The summed E-state index contributed by atoms with van der Waals surface area (Å²) < 4.78 is 16.1. The Labute approximate surface area is 130 Å². The Balaban J connectivity index is 2.51. The lowest BCUT2D eigenvalue weighted by Gasteiger charge is -2.36. The number of fused-ring (bicyclic) bond motifs is 1. The highest BCUT2D eigenvalue weighted by molar-refractivity contribution is 5.70. The number of methoxy groups -OCH3 is 2. The van der Waals surface area contributed by atoms with Crippen LogP contribution >= 0.6 is 0 Å². The lowest BCUT2D eigenvalue weighted by Crippen LogP contribution is -2.39. The average molecular weight is 309 g/mol. The minimum absolute atomic E-state index is 0.122. The second kappa shape index (κ2) is 6.87. The van der Waals surface area contributed by atoms with E-state index in [2.05, 4.69) is 0 Å². The van der Waals surface area contributed by atoms with Crippen LogP contribution in [0.25, 0.3) is 0 Å². The number of rotatable bonds is 4. The maximum absolute atomic E-state index is 12.1. The van der Waals surface area contributed by atoms with Gasteiger partial charge in [0.15, 0.2) is 0 Å². The van der Waals surface area contributed by atoms with Crippen LogP contribution in [0.2, 0.25) is 0 Å². The van der Waals surface area contributed by atoms with E-state index in [0.717, 1.165) is 11.1 Å². The van der Waals surface area contributed by atoms with Crippen LogP contribution in [0, 0.1) is 0 Å². The van der Waals surface area contributed by atoms with Gasteiger partial charge in [-0.2, -0.15) is 0 Å². The number of hydrogen-bond acceptors (Lipinski definition) is 5. The maximum atomic E-state index is 12.1. The molecule has 6 nitrogen and oxygen atoms in total. The van der Waals surface area contributed by atoms with Gasteiger partial charge in [0.1, 0.15) is 11.5 Å². The Bertz CT molecular complexity index is 558. The normalized spacial score (nSPS) is 17.0. The molecule has 1 heterocycles. The number of carbonyl (C=O) groups is 1. The molecule has 122 valence electrons. The fraction of sp³-hybridized carbons (Fsp3) is 0.562. The lowest BCUT2D eigenvalue weighted by molar-refractivity contribution is 0.0891. The maximum Gasteiger partial charge on any atom is 0.410 e.